The van der Waals surface area contributed by atoms with Crippen LogP contribution in [-0.4, -0.2) is 61.8 Å². The molecule has 0 amide bonds. The maximum absolute atomic E-state index is 13.5. The predicted molar refractivity (Wildman–Crippen MR) is 104 cm³/mol. The van der Waals surface area contributed by atoms with Gasteiger partial charge in [0.2, 0.25) is 0 Å². The number of aliphatic hydroxyl groups is 1. The molecule has 9 nitrogen and oxygen atoms in total. The Morgan fingerprint density at radius 3 is 2.38 bits per heavy atom. The molecule has 0 radical (unpaired) electrons. The summed E-state index contributed by atoms with van der Waals surface area (Å²) in [5.41, 5.74) is -0.0635. The molecule has 1 fully saturated rings. The van der Waals surface area contributed by atoms with Gasteiger partial charge in [-0.05, 0) is 36.8 Å². The molecule has 156 valence electrons. The highest BCUT2D eigenvalue weighted by Gasteiger charge is 2.45. The lowest BCUT2D eigenvalue weighted by molar-refractivity contribution is 0.0696. The van der Waals surface area contributed by atoms with Crippen molar-refractivity contribution in [1.82, 2.24) is 0 Å². The first-order valence-corrected chi connectivity index (χ1v) is 11.7. The smallest absolute Gasteiger partial charge is 0.335 e. The van der Waals surface area contributed by atoms with Gasteiger partial charge in [-0.3, -0.25) is 4.31 Å². The highest BCUT2D eigenvalue weighted by atomic mass is 32.2. The molecular weight excluding hydrogens is 422 g/mol. The third-order valence-electron chi connectivity index (χ3n) is 4.65. The van der Waals surface area contributed by atoms with E-state index in [4.69, 9.17) is 0 Å². The third-order valence-corrected chi connectivity index (χ3v) is 8.34. The Morgan fingerprint density at radius 2 is 1.83 bits per heavy atom. The van der Waals surface area contributed by atoms with Crippen LogP contribution in [0.2, 0.25) is 0 Å². The number of benzene rings is 2. The molecule has 0 saturated carbocycles. The van der Waals surface area contributed by atoms with Gasteiger partial charge in [-0.25, -0.2) is 21.6 Å². The SMILES string of the molecule is Cc1ccc(C(=O)O)cc1S(=O)(=O)N(c1cccc(O)c1)[C@@H]1CS(=O)(=O)C[C@H]1O. The zero-order chi connectivity index (χ0) is 21.6. The van der Waals surface area contributed by atoms with Crippen LogP contribution in [0.5, 0.6) is 5.75 Å². The van der Waals surface area contributed by atoms with Crippen LogP contribution in [0.15, 0.2) is 47.4 Å². The van der Waals surface area contributed by atoms with Crippen molar-refractivity contribution in [3.63, 3.8) is 0 Å². The van der Waals surface area contributed by atoms with Gasteiger partial charge in [0.15, 0.2) is 9.84 Å². The highest BCUT2D eigenvalue weighted by Crippen LogP contribution is 2.34. The molecule has 0 aromatic heterocycles. The number of carboxylic acids is 1. The first-order valence-electron chi connectivity index (χ1n) is 8.48. The Bertz CT molecular complexity index is 1170. The first-order chi connectivity index (χ1) is 13.4. The summed E-state index contributed by atoms with van der Waals surface area (Å²) >= 11 is 0. The number of carbonyl (C=O) groups is 1. The molecule has 1 aliphatic heterocycles. The number of hydrogen-bond donors (Lipinski definition) is 3. The number of phenols is 1. The van der Waals surface area contributed by atoms with Crippen molar-refractivity contribution in [3.8, 4) is 5.75 Å². The summed E-state index contributed by atoms with van der Waals surface area (Å²) in [4.78, 5) is 11.0. The summed E-state index contributed by atoms with van der Waals surface area (Å²) in [7, 11) is -8.18. The quantitative estimate of drug-likeness (QED) is 0.615. The largest absolute Gasteiger partial charge is 0.508 e. The third kappa shape index (κ3) is 4.07. The normalized spacial score (nSPS) is 21.0. The Hall–Kier alpha value is -2.63. The van der Waals surface area contributed by atoms with Crippen LogP contribution < -0.4 is 4.31 Å². The van der Waals surface area contributed by atoms with Gasteiger partial charge in [-0.2, -0.15) is 0 Å². The second-order valence-corrected chi connectivity index (χ2v) is 10.8. The molecule has 0 bridgehead atoms. The number of nitrogens with zero attached hydrogens (tertiary/aromatic N) is 1. The fraction of sp³-hybridized carbons (Fsp3) is 0.278. The van der Waals surface area contributed by atoms with E-state index in [1.165, 1.54) is 37.3 Å². The number of rotatable bonds is 5. The van der Waals surface area contributed by atoms with E-state index in [9.17, 15) is 36.9 Å². The minimum atomic E-state index is -4.49. The molecule has 2 aromatic rings. The first kappa shape index (κ1) is 21.1. The number of hydrogen-bond acceptors (Lipinski definition) is 7. The minimum Gasteiger partial charge on any atom is -0.508 e. The Labute approximate surface area is 167 Å². The summed E-state index contributed by atoms with van der Waals surface area (Å²) in [6.07, 6.45) is -1.49. The van der Waals surface area contributed by atoms with Gasteiger partial charge in [-0.15, -0.1) is 0 Å². The van der Waals surface area contributed by atoms with E-state index >= 15 is 0 Å². The predicted octanol–water partition coefficient (Wildman–Crippen LogP) is 0.752. The average molecular weight is 441 g/mol. The lowest BCUT2D eigenvalue weighted by Crippen LogP contribution is -2.47. The van der Waals surface area contributed by atoms with Gasteiger partial charge in [0.1, 0.15) is 5.75 Å². The van der Waals surface area contributed by atoms with Crippen LogP contribution in [0.4, 0.5) is 5.69 Å². The second-order valence-electron chi connectivity index (χ2n) is 6.82. The maximum Gasteiger partial charge on any atom is 0.335 e. The number of sulfonamides is 1. The van der Waals surface area contributed by atoms with Crippen LogP contribution in [-0.2, 0) is 19.9 Å². The summed E-state index contributed by atoms with van der Waals surface area (Å²) in [6, 6.07) is 7.41. The van der Waals surface area contributed by atoms with E-state index in [2.05, 4.69) is 0 Å². The molecule has 1 heterocycles. The topological polar surface area (TPSA) is 149 Å². The zero-order valence-electron chi connectivity index (χ0n) is 15.3. The van der Waals surface area contributed by atoms with Crippen molar-refractivity contribution < 1.29 is 36.9 Å². The van der Waals surface area contributed by atoms with Gasteiger partial charge in [-0.1, -0.05) is 12.1 Å². The fourth-order valence-electron chi connectivity index (χ4n) is 3.29. The summed E-state index contributed by atoms with van der Waals surface area (Å²) in [5, 5.41) is 29.3. The van der Waals surface area contributed by atoms with Gasteiger partial charge in [0.05, 0.1) is 39.8 Å². The van der Waals surface area contributed by atoms with Crippen molar-refractivity contribution >= 4 is 31.5 Å². The molecule has 2 aromatic carbocycles. The zero-order valence-corrected chi connectivity index (χ0v) is 16.9. The highest BCUT2D eigenvalue weighted by molar-refractivity contribution is 7.93. The number of aryl methyl sites for hydroxylation is 1. The molecule has 1 aliphatic rings. The van der Waals surface area contributed by atoms with E-state index in [-0.39, 0.29) is 27.5 Å². The van der Waals surface area contributed by atoms with E-state index < -0.39 is 49.5 Å². The van der Waals surface area contributed by atoms with Gasteiger partial charge in [0.25, 0.3) is 10.0 Å². The van der Waals surface area contributed by atoms with Crippen LogP contribution in [0.1, 0.15) is 15.9 Å². The van der Waals surface area contributed by atoms with E-state index in [1.807, 2.05) is 0 Å². The fourth-order valence-corrected chi connectivity index (χ4v) is 7.08. The number of phenolic OH excluding ortho intramolecular Hbond substituents is 1. The van der Waals surface area contributed by atoms with E-state index in [1.54, 1.807) is 0 Å². The molecule has 3 N–H and O–H groups in total. The minimum absolute atomic E-state index is 0.0497. The molecule has 2 atom stereocenters. The van der Waals surface area contributed by atoms with Crippen molar-refractivity contribution in [1.29, 1.82) is 0 Å². The number of sulfone groups is 1. The van der Waals surface area contributed by atoms with Crippen LogP contribution in [0.25, 0.3) is 0 Å². The lowest BCUT2D eigenvalue weighted by Gasteiger charge is -2.32. The summed E-state index contributed by atoms with van der Waals surface area (Å²) < 4.78 is 51.8. The van der Waals surface area contributed by atoms with Gasteiger partial charge >= 0.3 is 5.97 Å². The van der Waals surface area contributed by atoms with Crippen molar-refractivity contribution in [2.45, 2.75) is 24.0 Å². The van der Waals surface area contributed by atoms with Crippen LogP contribution in [0.3, 0.4) is 0 Å². The number of aromatic hydroxyl groups is 1. The number of carboxylic acid groups (broad SMARTS) is 1. The van der Waals surface area contributed by atoms with Crippen LogP contribution in [0, 0.1) is 6.92 Å². The van der Waals surface area contributed by atoms with Crippen molar-refractivity contribution in [2.24, 2.45) is 0 Å². The molecule has 11 heteroatoms. The maximum atomic E-state index is 13.5. The van der Waals surface area contributed by atoms with E-state index in [0.29, 0.717) is 0 Å². The van der Waals surface area contributed by atoms with Crippen molar-refractivity contribution in [3.05, 3.63) is 53.6 Å². The van der Waals surface area contributed by atoms with Crippen molar-refractivity contribution in [2.75, 3.05) is 15.8 Å². The van der Waals surface area contributed by atoms with Gasteiger partial charge < -0.3 is 15.3 Å². The second kappa shape index (κ2) is 7.32. The molecular formula is C18H19NO8S2. The Kier molecular flexibility index (Phi) is 5.32. The molecule has 0 spiro atoms. The number of anilines is 1. The molecule has 29 heavy (non-hydrogen) atoms. The summed E-state index contributed by atoms with van der Waals surface area (Å²) in [6.45, 7) is 1.47. The summed E-state index contributed by atoms with van der Waals surface area (Å²) in [5.74, 6) is -2.79. The molecule has 3 rings (SSSR count). The van der Waals surface area contributed by atoms with Crippen LogP contribution >= 0.6 is 0 Å². The van der Waals surface area contributed by atoms with E-state index in [0.717, 1.165) is 16.4 Å². The molecule has 1 saturated heterocycles. The lowest BCUT2D eigenvalue weighted by atomic mass is 10.1. The monoisotopic (exact) mass is 441 g/mol. The Balaban J connectivity index is 2.24. The van der Waals surface area contributed by atoms with Gasteiger partial charge in [0, 0.05) is 6.07 Å². The molecule has 0 unspecified atom stereocenters. The molecule has 0 aliphatic carbocycles. The number of aromatic carboxylic acids is 1. The Morgan fingerprint density at radius 1 is 1.14 bits per heavy atom. The average Bonchev–Trinajstić information content (AvgIpc) is 2.87. The standard InChI is InChI=1S/C18H19NO8S2/c1-11-5-6-12(18(22)23)7-17(11)29(26,27)19(13-3-2-4-14(20)8-13)15-9-28(24,25)10-16(15)21/h2-8,15-16,20-21H,9-10H2,1H3,(H,22,23)/t15-,16-/m1/s1. The number of aliphatic hydroxyl groups excluding tert-OH is 1.